The molecule has 2 N–H and O–H groups in total. The Morgan fingerprint density at radius 2 is 1.74 bits per heavy atom. The topological polar surface area (TPSA) is 88.1 Å². The van der Waals surface area contributed by atoms with Crippen LogP contribution in [0.15, 0.2) is 48.5 Å². The van der Waals surface area contributed by atoms with Gasteiger partial charge in [0.15, 0.2) is 6.10 Å². The third-order valence-corrected chi connectivity index (χ3v) is 6.41. The lowest BCUT2D eigenvalue weighted by Gasteiger charge is -2.30. The van der Waals surface area contributed by atoms with Gasteiger partial charge in [-0.25, -0.2) is 9.59 Å². The van der Waals surface area contributed by atoms with Crippen LogP contribution >= 0.6 is 0 Å². The maximum atomic E-state index is 13.1. The van der Waals surface area contributed by atoms with Gasteiger partial charge in [-0.2, -0.15) is 0 Å². The normalized spacial score (nSPS) is 14.8. The summed E-state index contributed by atoms with van der Waals surface area (Å²) >= 11 is 0. The zero-order chi connectivity index (χ0) is 25.0. The number of rotatable bonds is 12. The molecule has 35 heavy (non-hydrogen) atoms. The number of anilines is 1. The molecule has 0 radical (unpaired) electrons. The first kappa shape index (κ1) is 26.5. The first-order valence-corrected chi connectivity index (χ1v) is 12.6. The molecule has 1 aliphatic rings. The summed E-state index contributed by atoms with van der Waals surface area (Å²) in [6, 6.07) is 15.1. The van der Waals surface area contributed by atoms with Crippen molar-refractivity contribution < 1.29 is 24.2 Å². The highest BCUT2D eigenvalue weighted by Crippen LogP contribution is 2.25. The van der Waals surface area contributed by atoms with Crippen LogP contribution in [0.4, 0.5) is 10.5 Å². The number of carbonyl (C=O) groups is 2. The SMILES string of the molecule is CCOC(Cc1ccc(OCCN(CC2CCCCC2)C(=O)Nc2ccc(C)cc2)cc1)C(=O)O. The van der Waals surface area contributed by atoms with E-state index in [4.69, 9.17) is 9.47 Å². The van der Waals surface area contributed by atoms with E-state index >= 15 is 0 Å². The van der Waals surface area contributed by atoms with Crippen molar-refractivity contribution in [2.75, 3.05) is 31.6 Å². The van der Waals surface area contributed by atoms with Gasteiger partial charge in [-0.1, -0.05) is 49.1 Å². The van der Waals surface area contributed by atoms with E-state index in [-0.39, 0.29) is 6.03 Å². The number of aryl methyl sites for hydroxylation is 1. The van der Waals surface area contributed by atoms with Crippen LogP contribution in [0.3, 0.4) is 0 Å². The minimum Gasteiger partial charge on any atom is -0.492 e. The Morgan fingerprint density at radius 1 is 1.06 bits per heavy atom. The number of nitrogens with one attached hydrogen (secondary N) is 1. The Hall–Kier alpha value is -3.06. The fourth-order valence-corrected chi connectivity index (χ4v) is 4.42. The summed E-state index contributed by atoms with van der Waals surface area (Å²) in [4.78, 5) is 26.2. The van der Waals surface area contributed by atoms with Gasteiger partial charge in [-0.3, -0.25) is 0 Å². The van der Waals surface area contributed by atoms with E-state index in [0.29, 0.717) is 37.8 Å². The number of aliphatic carboxylic acids is 1. The van der Waals surface area contributed by atoms with E-state index in [0.717, 1.165) is 36.2 Å². The first-order chi connectivity index (χ1) is 16.9. The number of urea groups is 1. The minimum absolute atomic E-state index is 0.103. The standard InChI is InChI=1S/C28H38N2O5/c1-3-34-26(27(31)32)19-22-11-15-25(16-12-22)35-18-17-30(20-23-7-5-4-6-8-23)28(33)29-24-13-9-21(2)10-14-24/h9-16,23,26H,3-8,17-20H2,1-2H3,(H,29,33)(H,31,32). The van der Waals surface area contributed by atoms with E-state index in [2.05, 4.69) is 5.32 Å². The predicted octanol–water partition coefficient (Wildman–Crippen LogP) is 5.52. The summed E-state index contributed by atoms with van der Waals surface area (Å²) in [7, 11) is 0. The molecule has 190 valence electrons. The Bertz CT molecular complexity index is 923. The maximum Gasteiger partial charge on any atom is 0.333 e. The molecule has 3 rings (SSSR count). The van der Waals surface area contributed by atoms with Gasteiger partial charge in [-0.15, -0.1) is 0 Å². The van der Waals surface area contributed by atoms with Crippen molar-refractivity contribution in [1.82, 2.24) is 4.90 Å². The Morgan fingerprint density at radius 3 is 2.37 bits per heavy atom. The molecule has 2 amide bonds. The van der Waals surface area contributed by atoms with Crippen LogP contribution in [0.2, 0.25) is 0 Å². The van der Waals surface area contributed by atoms with Crippen molar-refractivity contribution >= 4 is 17.7 Å². The largest absolute Gasteiger partial charge is 0.492 e. The molecule has 0 aliphatic heterocycles. The fraction of sp³-hybridized carbons (Fsp3) is 0.500. The average Bonchev–Trinajstić information content (AvgIpc) is 2.86. The second kappa shape index (κ2) is 13.7. The van der Waals surface area contributed by atoms with E-state index in [9.17, 15) is 14.7 Å². The zero-order valence-electron chi connectivity index (χ0n) is 20.9. The van der Waals surface area contributed by atoms with E-state index < -0.39 is 12.1 Å². The highest BCUT2D eigenvalue weighted by molar-refractivity contribution is 5.89. The van der Waals surface area contributed by atoms with Gasteiger partial charge in [0.25, 0.3) is 0 Å². The average molecular weight is 483 g/mol. The van der Waals surface area contributed by atoms with Crippen molar-refractivity contribution in [2.45, 2.75) is 58.5 Å². The monoisotopic (exact) mass is 482 g/mol. The summed E-state index contributed by atoms with van der Waals surface area (Å²) < 4.78 is 11.2. The first-order valence-electron chi connectivity index (χ1n) is 12.6. The highest BCUT2D eigenvalue weighted by atomic mass is 16.5. The summed E-state index contributed by atoms with van der Waals surface area (Å²) in [5.74, 6) is 0.252. The maximum absolute atomic E-state index is 13.1. The van der Waals surface area contributed by atoms with Gasteiger partial charge in [-0.05, 0) is 62.4 Å². The fourth-order valence-electron chi connectivity index (χ4n) is 4.42. The summed E-state index contributed by atoms with van der Waals surface area (Å²) in [6.45, 7) is 5.76. The van der Waals surface area contributed by atoms with Crippen LogP contribution in [-0.2, 0) is 16.0 Å². The van der Waals surface area contributed by atoms with Gasteiger partial charge in [0.05, 0.1) is 6.54 Å². The van der Waals surface area contributed by atoms with Gasteiger partial charge in [0.2, 0.25) is 0 Å². The van der Waals surface area contributed by atoms with E-state index in [1.165, 1.54) is 19.3 Å². The molecule has 0 bridgehead atoms. The molecule has 1 fully saturated rings. The lowest BCUT2D eigenvalue weighted by atomic mass is 9.89. The lowest BCUT2D eigenvalue weighted by Crippen LogP contribution is -2.41. The Balaban J connectivity index is 1.55. The molecule has 7 heteroatoms. The third kappa shape index (κ3) is 8.91. The number of carboxylic acids is 1. The lowest BCUT2D eigenvalue weighted by molar-refractivity contribution is -0.149. The van der Waals surface area contributed by atoms with Crippen molar-refractivity contribution in [2.24, 2.45) is 5.92 Å². The molecule has 2 aromatic rings. The van der Waals surface area contributed by atoms with E-state index in [1.54, 1.807) is 6.92 Å². The molecular formula is C28H38N2O5. The number of nitrogens with zero attached hydrogens (tertiary/aromatic N) is 1. The van der Waals surface area contributed by atoms with Crippen molar-refractivity contribution in [1.29, 1.82) is 0 Å². The second-order valence-corrected chi connectivity index (χ2v) is 9.22. The zero-order valence-corrected chi connectivity index (χ0v) is 20.9. The van der Waals surface area contributed by atoms with Crippen LogP contribution in [0.5, 0.6) is 5.75 Å². The number of carboxylic acid groups (broad SMARTS) is 1. The van der Waals surface area contributed by atoms with Crippen molar-refractivity contribution in [3.05, 3.63) is 59.7 Å². The number of benzene rings is 2. The number of ether oxygens (including phenoxy) is 2. The summed E-state index contributed by atoms with van der Waals surface area (Å²) in [5, 5.41) is 12.3. The molecule has 1 unspecified atom stereocenters. The molecule has 1 saturated carbocycles. The van der Waals surface area contributed by atoms with Crippen LogP contribution in [0.1, 0.15) is 50.2 Å². The second-order valence-electron chi connectivity index (χ2n) is 9.22. The predicted molar refractivity (Wildman–Crippen MR) is 137 cm³/mol. The van der Waals surface area contributed by atoms with E-state index in [1.807, 2.05) is 60.4 Å². The van der Waals surface area contributed by atoms with Crippen LogP contribution < -0.4 is 10.1 Å². The molecule has 0 aromatic heterocycles. The third-order valence-electron chi connectivity index (χ3n) is 6.41. The number of hydrogen-bond acceptors (Lipinski definition) is 4. The number of amides is 2. The molecule has 0 heterocycles. The minimum atomic E-state index is -0.964. The number of carbonyl (C=O) groups excluding carboxylic acids is 1. The quantitative estimate of drug-likeness (QED) is 0.416. The van der Waals surface area contributed by atoms with Crippen molar-refractivity contribution in [3.8, 4) is 5.75 Å². The Kier molecular flexibility index (Phi) is 10.4. The molecule has 1 atom stereocenters. The smallest absolute Gasteiger partial charge is 0.333 e. The van der Waals surface area contributed by atoms with Crippen LogP contribution in [-0.4, -0.2) is 54.4 Å². The molecule has 7 nitrogen and oxygen atoms in total. The summed E-state index contributed by atoms with van der Waals surface area (Å²) in [6.07, 6.45) is 5.51. The number of hydrogen-bond donors (Lipinski definition) is 2. The van der Waals surface area contributed by atoms with Gasteiger partial charge in [0, 0.05) is 25.3 Å². The summed E-state index contributed by atoms with van der Waals surface area (Å²) in [5.41, 5.74) is 2.81. The van der Waals surface area contributed by atoms with Crippen LogP contribution in [0, 0.1) is 12.8 Å². The highest BCUT2D eigenvalue weighted by Gasteiger charge is 2.21. The molecule has 0 spiro atoms. The van der Waals surface area contributed by atoms with Gasteiger partial charge in [0.1, 0.15) is 12.4 Å². The Labute approximate surface area is 208 Å². The molecule has 0 saturated heterocycles. The van der Waals surface area contributed by atoms with Crippen LogP contribution in [0.25, 0.3) is 0 Å². The molecular weight excluding hydrogens is 444 g/mol. The van der Waals surface area contributed by atoms with Gasteiger partial charge >= 0.3 is 12.0 Å². The van der Waals surface area contributed by atoms with Gasteiger partial charge < -0.3 is 24.8 Å². The molecule has 1 aliphatic carbocycles. The molecule has 2 aromatic carbocycles. The van der Waals surface area contributed by atoms with Crippen molar-refractivity contribution in [3.63, 3.8) is 0 Å².